The van der Waals surface area contributed by atoms with Gasteiger partial charge in [0.25, 0.3) is 0 Å². The van der Waals surface area contributed by atoms with Crippen molar-refractivity contribution in [1.29, 1.82) is 0 Å². The van der Waals surface area contributed by atoms with Gasteiger partial charge >= 0.3 is 6.03 Å². The van der Waals surface area contributed by atoms with Gasteiger partial charge in [0.1, 0.15) is 0 Å². The predicted molar refractivity (Wildman–Crippen MR) is 68.4 cm³/mol. The first-order valence-corrected chi connectivity index (χ1v) is 5.81. The Morgan fingerprint density at radius 2 is 1.82 bits per heavy atom. The minimum Gasteiger partial charge on any atom is -0.307 e. The van der Waals surface area contributed by atoms with Crippen LogP contribution >= 0.6 is 11.6 Å². The molecule has 1 rings (SSSR count). The van der Waals surface area contributed by atoms with Crippen LogP contribution in [0.3, 0.4) is 0 Å². The molecule has 0 fully saturated rings. The van der Waals surface area contributed by atoms with Gasteiger partial charge < -0.3 is 5.32 Å². The molecule has 0 spiro atoms. The zero-order valence-corrected chi connectivity index (χ0v) is 10.6. The summed E-state index contributed by atoms with van der Waals surface area (Å²) in [5, 5.41) is 4.86. The smallest absolute Gasteiger partial charge is 0.307 e. The highest BCUT2D eigenvalue weighted by molar-refractivity contribution is 6.19. The van der Waals surface area contributed by atoms with E-state index >= 15 is 0 Å². The second kappa shape index (κ2) is 6.25. The average molecular weight is 255 g/mol. The zero-order valence-electron chi connectivity index (χ0n) is 9.84. The summed E-state index contributed by atoms with van der Waals surface area (Å²) in [5.41, 5.74) is 2.62. The van der Waals surface area contributed by atoms with Crippen molar-refractivity contribution in [2.24, 2.45) is 0 Å². The second-order valence-electron chi connectivity index (χ2n) is 3.71. The molecule has 0 aliphatic rings. The highest BCUT2D eigenvalue weighted by atomic mass is 35.5. The molecule has 1 aromatic rings. The van der Waals surface area contributed by atoms with Gasteiger partial charge in [0.2, 0.25) is 5.91 Å². The minimum atomic E-state index is -0.530. The fraction of sp³-hybridized carbons (Fsp3) is 0.333. The number of benzene rings is 1. The number of rotatable bonds is 3. The first kappa shape index (κ1) is 13.5. The van der Waals surface area contributed by atoms with Crippen molar-refractivity contribution in [1.82, 2.24) is 5.32 Å². The van der Waals surface area contributed by atoms with Crippen LogP contribution < -0.4 is 10.6 Å². The van der Waals surface area contributed by atoms with Gasteiger partial charge in [0.15, 0.2) is 0 Å². The third-order valence-electron chi connectivity index (χ3n) is 2.29. The molecule has 5 heteroatoms. The summed E-state index contributed by atoms with van der Waals surface area (Å²) < 4.78 is 0. The fourth-order valence-electron chi connectivity index (χ4n) is 1.43. The number of amides is 3. The predicted octanol–water partition coefficient (Wildman–Crippen LogP) is 2.58. The van der Waals surface area contributed by atoms with E-state index in [2.05, 4.69) is 10.6 Å². The number of hydrogen-bond donors (Lipinski definition) is 2. The van der Waals surface area contributed by atoms with Gasteiger partial charge in [-0.05, 0) is 25.0 Å². The average Bonchev–Trinajstić information content (AvgIpc) is 2.24. The number of anilines is 1. The Labute approximate surface area is 105 Å². The van der Waals surface area contributed by atoms with Crippen LogP contribution in [0.1, 0.15) is 17.5 Å². The maximum absolute atomic E-state index is 11.5. The number of urea groups is 1. The lowest BCUT2D eigenvalue weighted by atomic mass is 10.1. The molecular formula is C12H15ClN2O2. The standard InChI is InChI=1S/C12H15ClN2O2/c1-8-4-3-5-9(2)11(8)15-12(17)14-10(16)6-7-13/h3-5H,6-7H2,1-2H3,(H2,14,15,16,17). The Kier molecular flexibility index (Phi) is 4.97. The highest BCUT2D eigenvalue weighted by Crippen LogP contribution is 2.18. The monoisotopic (exact) mass is 254 g/mol. The Bertz CT molecular complexity index is 412. The molecule has 0 heterocycles. The number of aryl methyl sites for hydroxylation is 2. The summed E-state index contributed by atoms with van der Waals surface area (Å²) >= 11 is 5.40. The second-order valence-corrected chi connectivity index (χ2v) is 4.09. The molecule has 92 valence electrons. The third-order valence-corrected chi connectivity index (χ3v) is 2.48. The SMILES string of the molecule is Cc1cccc(C)c1NC(=O)NC(=O)CCCl. The van der Waals surface area contributed by atoms with Crippen molar-refractivity contribution in [3.63, 3.8) is 0 Å². The Morgan fingerprint density at radius 1 is 1.24 bits per heavy atom. The van der Waals surface area contributed by atoms with Crippen LogP contribution in [0, 0.1) is 13.8 Å². The van der Waals surface area contributed by atoms with Crippen molar-refractivity contribution in [2.45, 2.75) is 20.3 Å². The van der Waals surface area contributed by atoms with Crippen molar-refractivity contribution < 1.29 is 9.59 Å². The summed E-state index contributed by atoms with van der Waals surface area (Å²) in [6.45, 7) is 3.78. The van der Waals surface area contributed by atoms with Crippen molar-refractivity contribution in [3.8, 4) is 0 Å². The molecule has 17 heavy (non-hydrogen) atoms. The molecule has 2 N–H and O–H groups in total. The maximum Gasteiger partial charge on any atom is 0.325 e. The highest BCUT2D eigenvalue weighted by Gasteiger charge is 2.09. The first-order chi connectivity index (χ1) is 8.04. The number of imide groups is 1. The number of nitrogens with one attached hydrogen (secondary N) is 2. The lowest BCUT2D eigenvalue weighted by molar-refractivity contribution is -0.119. The molecule has 4 nitrogen and oxygen atoms in total. The van der Waals surface area contributed by atoms with Crippen LogP contribution in [0.15, 0.2) is 18.2 Å². The van der Waals surface area contributed by atoms with Crippen LogP contribution in [-0.4, -0.2) is 17.8 Å². The molecule has 3 amide bonds. The Morgan fingerprint density at radius 3 is 2.35 bits per heavy atom. The van der Waals surface area contributed by atoms with Crippen LogP contribution in [0.25, 0.3) is 0 Å². The van der Waals surface area contributed by atoms with Crippen LogP contribution in [0.2, 0.25) is 0 Å². The lowest BCUT2D eigenvalue weighted by Gasteiger charge is -2.11. The molecule has 0 aromatic heterocycles. The molecule has 0 unspecified atom stereocenters. The molecule has 0 bridgehead atoms. The van der Waals surface area contributed by atoms with Crippen molar-refractivity contribution in [2.75, 3.05) is 11.2 Å². The normalized spacial score (nSPS) is 9.82. The molecule has 0 aliphatic heterocycles. The molecule has 0 aliphatic carbocycles. The summed E-state index contributed by atoms with van der Waals surface area (Å²) in [6, 6.07) is 5.16. The van der Waals surface area contributed by atoms with E-state index in [9.17, 15) is 9.59 Å². The summed E-state index contributed by atoms with van der Waals surface area (Å²) in [5.74, 6) is -0.188. The van der Waals surface area contributed by atoms with Gasteiger partial charge in [0.05, 0.1) is 0 Å². The van der Waals surface area contributed by atoms with Crippen LogP contribution in [-0.2, 0) is 4.79 Å². The fourth-order valence-corrected chi connectivity index (χ4v) is 1.60. The van der Waals surface area contributed by atoms with Crippen molar-refractivity contribution in [3.05, 3.63) is 29.3 Å². The van der Waals surface area contributed by atoms with E-state index in [1.807, 2.05) is 32.0 Å². The molecule has 0 saturated heterocycles. The minimum absolute atomic E-state index is 0.127. The molecule has 1 aromatic carbocycles. The van der Waals surface area contributed by atoms with Gasteiger partial charge in [-0.15, -0.1) is 11.6 Å². The molecular weight excluding hydrogens is 240 g/mol. The number of carbonyl (C=O) groups excluding carboxylic acids is 2. The van der Waals surface area contributed by atoms with Gasteiger partial charge in [0, 0.05) is 18.0 Å². The van der Waals surface area contributed by atoms with E-state index in [0.717, 1.165) is 16.8 Å². The number of para-hydroxylation sites is 1. The van der Waals surface area contributed by atoms with E-state index in [4.69, 9.17) is 11.6 Å². The van der Waals surface area contributed by atoms with E-state index < -0.39 is 6.03 Å². The quantitative estimate of drug-likeness (QED) is 0.815. The van der Waals surface area contributed by atoms with E-state index in [1.165, 1.54) is 0 Å². The largest absolute Gasteiger partial charge is 0.325 e. The topological polar surface area (TPSA) is 58.2 Å². The molecule has 0 radical (unpaired) electrons. The summed E-state index contributed by atoms with van der Waals surface area (Å²) in [4.78, 5) is 22.7. The summed E-state index contributed by atoms with van der Waals surface area (Å²) in [6.07, 6.45) is 0.127. The van der Waals surface area contributed by atoms with Gasteiger partial charge in [-0.25, -0.2) is 4.79 Å². The van der Waals surface area contributed by atoms with Gasteiger partial charge in [-0.1, -0.05) is 18.2 Å². The van der Waals surface area contributed by atoms with Crippen LogP contribution in [0.4, 0.5) is 10.5 Å². The zero-order chi connectivity index (χ0) is 12.8. The number of alkyl halides is 1. The van der Waals surface area contributed by atoms with E-state index in [0.29, 0.717) is 0 Å². The number of carbonyl (C=O) groups is 2. The third kappa shape index (κ3) is 4.07. The Hall–Kier alpha value is -1.55. The Balaban J connectivity index is 2.65. The van der Waals surface area contributed by atoms with E-state index in [-0.39, 0.29) is 18.2 Å². The lowest BCUT2D eigenvalue weighted by Crippen LogP contribution is -2.34. The number of hydrogen-bond acceptors (Lipinski definition) is 2. The number of halogens is 1. The van der Waals surface area contributed by atoms with Crippen molar-refractivity contribution >= 4 is 29.2 Å². The van der Waals surface area contributed by atoms with Crippen LogP contribution in [0.5, 0.6) is 0 Å². The summed E-state index contributed by atoms with van der Waals surface area (Å²) in [7, 11) is 0. The maximum atomic E-state index is 11.5. The van der Waals surface area contributed by atoms with Gasteiger partial charge in [-0.2, -0.15) is 0 Å². The first-order valence-electron chi connectivity index (χ1n) is 5.27. The van der Waals surface area contributed by atoms with E-state index in [1.54, 1.807) is 0 Å². The molecule has 0 atom stereocenters. The van der Waals surface area contributed by atoms with Gasteiger partial charge in [-0.3, -0.25) is 10.1 Å². The molecule has 0 saturated carbocycles.